The first-order valence-electron chi connectivity index (χ1n) is 9.02. The van der Waals surface area contributed by atoms with Gasteiger partial charge in [0.15, 0.2) is 17.3 Å². The Bertz CT molecular complexity index is 964. The summed E-state index contributed by atoms with van der Waals surface area (Å²) in [5.74, 6) is 3.25. The molecule has 1 aliphatic rings. The molecule has 8 heteroatoms. The molecule has 0 saturated carbocycles. The van der Waals surface area contributed by atoms with Gasteiger partial charge in [-0.15, -0.1) is 5.10 Å². The Balaban J connectivity index is 1.43. The van der Waals surface area contributed by atoms with Gasteiger partial charge in [-0.2, -0.15) is 10.1 Å². The van der Waals surface area contributed by atoms with Gasteiger partial charge in [0.1, 0.15) is 5.75 Å². The quantitative estimate of drug-likeness (QED) is 0.642. The summed E-state index contributed by atoms with van der Waals surface area (Å²) in [7, 11) is 0. The number of nitrogens with one attached hydrogen (secondary N) is 2. The number of hydrogen-bond acceptors (Lipinski definition) is 8. The van der Waals surface area contributed by atoms with Crippen LogP contribution < -0.4 is 24.8 Å². The lowest BCUT2D eigenvalue weighted by Crippen LogP contribution is -2.09. The number of fused-ring (bicyclic) bond motifs is 1. The monoisotopic (exact) mass is 379 g/mol. The zero-order chi connectivity index (χ0) is 19.3. The third-order valence-electron chi connectivity index (χ3n) is 3.97. The summed E-state index contributed by atoms with van der Waals surface area (Å²) in [6.07, 6.45) is 1.64. The van der Waals surface area contributed by atoms with Crippen LogP contribution in [0.2, 0.25) is 0 Å². The van der Waals surface area contributed by atoms with E-state index in [-0.39, 0.29) is 12.9 Å². The maximum absolute atomic E-state index is 5.81. The largest absolute Gasteiger partial charge is 0.489 e. The first-order chi connectivity index (χ1) is 13.7. The van der Waals surface area contributed by atoms with Crippen molar-refractivity contribution in [1.29, 1.82) is 0 Å². The highest BCUT2D eigenvalue weighted by Crippen LogP contribution is 2.32. The number of rotatable bonds is 7. The fourth-order valence-corrected chi connectivity index (χ4v) is 2.73. The van der Waals surface area contributed by atoms with E-state index in [0.717, 1.165) is 28.5 Å². The Morgan fingerprint density at radius 1 is 1.11 bits per heavy atom. The molecule has 144 valence electrons. The van der Waals surface area contributed by atoms with Crippen LogP contribution in [0.25, 0.3) is 0 Å². The molecule has 0 radical (unpaired) electrons. The first-order valence-corrected chi connectivity index (χ1v) is 9.02. The van der Waals surface area contributed by atoms with Gasteiger partial charge in [0.05, 0.1) is 18.0 Å². The van der Waals surface area contributed by atoms with Gasteiger partial charge in [-0.1, -0.05) is 18.2 Å². The molecule has 1 aliphatic heterocycles. The van der Waals surface area contributed by atoms with E-state index in [1.165, 1.54) is 0 Å². The van der Waals surface area contributed by atoms with Crippen LogP contribution in [0.1, 0.15) is 19.4 Å². The second kappa shape index (κ2) is 7.99. The topological polar surface area (TPSA) is 90.4 Å². The molecule has 0 aliphatic carbocycles. The highest BCUT2D eigenvalue weighted by molar-refractivity contribution is 5.62. The minimum Gasteiger partial charge on any atom is -0.489 e. The van der Waals surface area contributed by atoms with Crippen LogP contribution in [0.5, 0.6) is 17.2 Å². The number of anilines is 3. The molecule has 0 bridgehead atoms. The number of para-hydroxylation sites is 2. The van der Waals surface area contributed by atoms with E-state index in [1.807, 2.05) is 56.3 Å². The summed E-state index contributed by atoms with van der Waals surface area (Å²) < 4.78 is 16.5. The molecule has 8 nitrogen and oxygen atoms in total. The van der Waals surface area contributed by atoms with Crippen LogP contribution in [0.15, 0.2) is 48.7 Å². The van der Waals surface area contributed by atoms with Crippen molar-refractivity contribution in [3.05, 3.63) is 54.2 Å². The van der Waals surface area contributed by atoms with Gasteiger partial charge < -0.3 is 24.8 Å². The molecule has 4 rings (SSSR count). The van der Waals surface area contributed by atoms with E-state index in [9.17, 15) is 0 Å². The molecule has 0 atom stereocenters. The smallest absolute Gasteiger partial charge is 0.249 e. The average Bonchev–Trinajstić information content (AvgIpc) is 3.16. The van der Waals surface area contributed by atoms with Gasteiger partial charge in [-0.05, 0) is 43.7 Å². The molecule has 2 N–H and O–H groups in total. The van der Waals surface area contributed by atoms with Crippen molar-refractivity contribution in [2.75, 3.05) is 17.4 Å². The first kappa shape index (κ1) is 17.8. The Morgan fingerprint density at radius 3 is 2.86 bits per heavy atom. The number of hydrogen-bond donors (Lipinski definition) is 2. The van der Waals surface area contributed by atoms with Crippen molar-refractivity contribution < 1.29 is 14.2 Å². The van der Waals surface area contributed by atoms with Crippen molar-refractivity contribution in [2.45, 2.75) is 26.5 Å². The minimum atomic E-state index is 0.0664. The van der Waals surface area contributed by atoms with Gasteiger partial charge in [0.2, 0.25) is 12.7 Å². The fraction of sp³-hybridized carbons (Fsp3) is 0.250. The zero-order valence-electron chi connectivity index (χ0n) is 15.7. The van der Waals surface area contributed by atoms with E-state index in [2.05, 4.69) is 25.8 Å². The standard InChI is InChI=1S/C20H21N5O3/c1-13(2)28-16-6-4-3-5-15(16)23-20-24-19(11-22-25-20)21-10-14-7-8-17-18(9-14)27-12-26-17/h3-9,11,13H,10,12H2,1-2H3,(H2,21,23,24,25). The van der Waals surface area contributed by atoms with Crippen molar-refractivity contribution in [3.63, 3.8) is 0 Å². The van der Waals surface area contributed by atoms with Gasteiger partial charge in [-0.3, -0.25) is 0 Å². The van der Waals surface area contributed by atoms with E-state index in [0.29, 0.717) is 18.3 Å². The summed E-state index contributed by atoms with van der Waals surface area (Å²) in [6.45, 7) is 4.80. The molecular formula is C20H21N5O3. The van der Waals surface area contributed by atoms with Crippen LogP contribution >= 0.6 is 0 Å². The lowest BCUT2D eigenvalue weighted by molar-refractivity contribution is 0.174. The lowest BCUT2D eigenvalue weighted by atomic mass is 10.2. The Labute approximate surface area is 162 Å². The maximum Gasteiger partial charge on any atom is 0.249 e. The molecule has 0 unspecified atom stereocenters. The lowest BCUT2D eigenvalue weighted by Gasteiger charge is -2.14. The highest BCUT2D eigenvalue weighted by atomic mass is 16.7. The predicted molar refractivity (Wildman–Crippen MR) is 105 cm³/mol. The van der Waals surface area contributed by atoms with Crippen molar-refractivity contribution in [1.82, 2.24) is 15.2 Å². The summed E-state index contributed by atoms with van der Waals surface area (Å²) >= 11 is 0. The van der Waals surface area contributed by atoms with Crippen LogP contribution in [0.3, 0.4) is 0 Å². The second-order valence-corrected chi connectivity index (χ2v) is 6.49. The second-order valence-electron chi connectivity index (χ2n) is 6.49. The van der Waals surface area contributed by atoms with Gasteiger partial charge in [0.25, 0.3) is 0 Å². The number of aromatic nitrogens is 3. The molecule has 0 fully saturated rings. The average molecular weight is 379 g/mol. The minimum absolute atomic E-state index is 0.0664. The fourth-order valence-electron chi connectivity index (χ4n) is 2.73. The Morgan fingerprint density at radius 2 is 1.96 bits per heavy atom. The van der Waals surface area contributed by atoms with Crippen LogP contribution in [0.4, 0.5) is 17.5 Å². The molecular weight excluding hydrogens is 358 g/mol. The van der Waals surface area contributed by atoms with Gasteiger partial charge >= 0.3 is 0 Å². The third kappa shape index (κ3) is 4.22. The molecule has 0 saturated heterocycles. The summed E-state index contributed by atoms with van der Waals surface area (Å²) in [5, 5.41) is 14.5. The highest BCUT2D eigenvalue weighted by Gasteiger charge is 2.13. The van der Waals surface area contributed by atoms with Gasteiger partial charge in [0, 0.05) is 6.54 Å². The molecule has 3 aromatic rings. The normalized spacial score (nSPS) is 12.1. The van der Waals surface area contributed by atoms with E-state index in [4.69, 9.17) is 14.2 Å². The summed E-state index contributed by atoms with van der Waals surface area (Å²) in [5.41, 5.74) is 1.83. The predicted octanol–water partition coefficient (Wildman–Crippen LogP) is 3.74. The summed E-state index contributed by atoms with van der Waals surface area (Å²) in [6, 6.07) is 13.5. The van der Waals surface area contributed by atoms with Crippen molar-refractivity contribution >= 4 is 17.5 Å². The zero-order valence-corrected chi connectivity index (χ0v) is 15.7. The van der Waals surface area contributed by atoms with E-state index in [1.54, 1.807) is 6.20 Å². The van der Waals surface area contributed by atoms with Crippen LogP contribution in [-0.2, 0) is 6.54 Å². The molecule has 0 amide bonds. The van der Waals surface area contributed by atoms with Crippen LogP contribution in [-0.4, -0.2) is 28.1 Å². The molecule has 0 spiro atoms. The van der Waals surface area contributed by atoms with Crippen LogP contribution in [0, 0.1) is 0 Å². The Hall–Kier alpha value is -3.55. The van der Waals surface area contributed by atoms with Crippen molar-refractivity contribution in [3.8, 4) is 17.2 Å². The number of ether oxygens (including phenoxy) is 3. The van der Waals surface area contributed by atoms with Crippen molar-refractivity contribution in [2.24, 2.45) is 0 Å². The molecule has 28 heavy (non-hydrogen) atoms. The number of nitrogens with zero attached hydrogens (tertiary/aromatic N) is 3. The molecule has 2 aromatic carbocycles. The maximum atomic E-state index is 5.81. The molecule has 1 aromatic heterocycles. The van der Waals surface area contributed by atoms with Gasteiger partial charge in [-0.25, -0.2) is 0 Å². The number of benzene rings is 2. The molecule has 2 heterocycles. The van der Waals surface area contributed by atoms with E-state index < -0.39 is 0 Å². The Kier molecular flexibility index (Phi) is 5.09. The summed E-state index contributed by atoms with van der Waals surface area (Å²) in [4.78, 5) is 4.47. The SMILES string of the molecule is CC(C)Oc1ccccc1Nc1nncc(NCc2ccc3c(c2)OCO3)n1. The van der Waals surface area contributed by atoms with E-state index >= 15 is 0 Å². The third-order valence-corrected chi connectivity index (χ3v) is 3.97.